The standard InChI is InChI=1S/C19H23N5O/c1-14-12-23(13-15(2)25-14)18-6-4-3-5-17(18)21-9-16-10-22-19-11-20-7-8-24(16)19/h3-8,10-11,14-15,21H,9,12-13H2,1-2H3/t14-,15-/m1/s1. The molecule has 3 heterocycles. The van der Waals surface area contributed by atoms with Crippen LogP contribution in [-0.2, 0) is 11.3 Å². The van der Waals surface area contributed by atoms with Crippen LogP contribution in [0.25, 0.3) is 5.65 Å². The lowest BCUT2D eigenvalue weighted by molar-refractivity contribution is -0.00517. The molecule has 0 aliphatic carbocycles. The Hall–Kier alpha value is -2.60. The molecule has 130 valence electrons. The van der Waals surface area contributed by atoms with Crippen molar-refractivity contribution in [3.05, 3.63) is 54.7 Å². The van der Waals surface area contributed by atoms with Crippen molar-refractivity contribution in [3.8, 4) is 0 Å². The maximum absolute atomic E-state index is 5.87. The van der Waals surface area contributed by atoms with Crippen LogP contribution in [0.2, 0.25) is 0 Å². The normalized spacial score (nSPS) is 20.8. The first-order valence-electron chi connectivity index (χ1n) is 8.70. The van der Waals surface area contributed by atoms with Crippen LogP contribution in [0, 0.1) is 0 Å². The van der Waals surface area contributed by atoms with E-state index in [0.29, 0.717) is 6.54 Å². The molecule has 0 saturated carbocycles. The Kier molecular flexibility index (Phi) is 4.28. The molecule has 6 heteroatoms. The van der Waals surface area contributed by atoms with Crippen molar-refractivity contribution >= 4 is 17.0 Å². The number of benzene rings is 1. The molecule has 0 amide bonds. The highest BCUT2D eigenvalue weighted by Crippen LogP contribution is 2.28. The van der Waals surface area contributed by atoms with Gasteiger partial charge in [0.2, 0.25) is 0 Å². The second-order valence-electron chi connectivity index (χ2n) is 6.59. The average Bonchev–Trinajstić information content (AvgIpc) is 3.02. The molecule has 4 rings (SSSR count). The van der Waals surface area contributed by atoms with Crippen molar-refractivity contribution in [2.45, 2.75) is 32.6 Å². The number of hydrogen-bond donors (Lipinski definition) is 1. The number of nitrogens with one attached hydrogen (secondary N) is 1. The molecule has 0 spiro atoms. The number of para-hydroxylation sites is 2. The van der Waals surface area contributed by atoms with Crippen molar-refractivity contribution in [1.29, 1.82) is 0 Å². The van der Waals surface area contributed by atoms with Gasteiger partial charge in [-0.2, -0.15) is 0 Å². The van der Waals surface area contributed by atoms with E-state index in [-0.39, 0.29) is 12.2 Å². The van der Waals surface area contributed by atoms with Crippen LogP contribution in [0.1, 0.15) is 19.5 Å². The smallest absolute Gasteiger partial charge is 0.155 e. The maximum atomic E-state index is 5.87. The highest BCUT2D eigenvalue weighted by atomic mass is 16.5. The molecule has 0 bridgehead atoms. The van der Waals surface area contributed by atoms with Gasteiger partial charge in [0.05, 0.1) is 48.2 Å². The number of rotatable bonds is 4. The molecule has 1 aliphatic heterocycles. The number of morpholine rings is 1. The number of hydrogen-bond acceptors (Lipinski definition) is 5. The fourth-order valence-electron chi connectivity index (χ4n) is 3.48. The number of fused-ring (bicyclic) bond motifs is 1. The van der Waals surface area contributed by atoms with Crippen LogP contribution in [0.3, 0.4) is 0 Å². The van der Waals surface area contributed by atoms with Gasteiger partial charge in [0, 0.05) is 25.5 Å². The summed E-state index contributed by atoms with van der Waals surface area (Å²) in [6, 6.07) is 8.46. The van der Waals surface area contributed by atoms with E-state index >= 15 is 0 Å². The van der Waals surface area contributed by atoms with E-state index in [2.05, 4.69) is 62.7 Å². The van der Waals surface area contributed by atoms with E-state index < -0.39 is 0 Å². The quantitative estimate of drug-likeness (QED) is 0.793. The maximum Gasteiger partial charge on any atom is 0.155 e. The number of ether oxygens (including phenoxy) is 1. The molecule has 2 atom stereocenters. The summed E-state index contributed by atoms with van der Waals surface area (Å²) in [4.78, 5) is 10.9. The van der Waals surface area contributed by atoms with Gasteiger partial charge in [-0.3, -0.25) is 9.38 Å². The molecule has 1 aromatic carbocycles. The Balaban J connectivity index is 1.55. The average molecular weight is 337 g/mol. The zero-order chi connectivity index (χ0) is 17.2. The van der Waals surface area contributed by atoms with Crippen LogP contribution >= 0.6 is 0 Å². The van der Waals surface area contributed by atoms with E-state index in [9.17, 15) is 0 Å². The first-order chi connectivity index (χ1) is 12.2. The molecule has 1 fully saturated rings. The number of anilines is 2. The molecule has 25 heavy (non-hydrogen) atoms. The van der Waals surface area contributed by atoms with Crippen molar-refractivity contribution in [3.63, 3.8) is 0 Å². The van der Waals surface area contributed by atoms with Crippen LogP contribution in [0.4, 0.5) is 11.4 Å². The second kappa shape index (κ2) is 6.72. The third-order valence-electron chi connectivity index (χ3n) is 4.52. The van der Waals surface area contributed by atoms with Crippen LogP contribution in [-0.4, -0.2) is 39.7 Å². The number of nitrogens with zero attached hydrogens (tertiary/aromatic N) is 4. The van der Waals surface area contributed by atoms with Gasteiger partial charge in [-0.1, -0.05) is 12.1 Å². The highest BCUT2D eigenvalue weighted by Gasteiger charge is 2.23. The predicted octanol–water partition coefficient (Wildman–Crippen LogP) is 2.96. The second-order valence-corrected chi connectivity index (χ2v) is 6.59. The first-order valence-corrected chi connectivity index (χ1v) is 8.70. The number of imidazole rings is 1. The molecular weight excluding hydrogens is 314 g/mol. The molecule has 0 radical (unpaired) electrons. The molecule has 0 unspecified atom stereocenters. The Labute approximate surface area is 147 Å². The molecule has 1 aliphatic rings. The Bertz CT molecular complexity index is 852. The molecule has 1 N–H and O–H groups in total. The summed E-state index contributed by atoms with van der Waals surface area (Å²) >= 11 is 0. The van der Waals surface area contributed by atoms with Gasteiger partial charge < -0.3 is 15.0 Å². The fourth-order valence-corrected chi connectivity index (χ4v) is 3.48. The minimum Gasteiger partial charge on any atom is -0.378 e. The first kappa shape index (κ1) is 15.9. The molecule has 6 nitrogen and oxygen atoms in total. The van der Waals surface area contributed by atoms with E-state index in [1.54, 1.807) is 12.4 Å². The minimum atomic E-state index is 0.239. The summed E-state index contributed by atoms with van der Waals surface area (Å²) in [6.07, 6.45) is 7.87. The molecule has 3 aromatic rings. The zero-order valence-corrected chi connectivity index (χ0v) is 14.6. The van der Waals surface area contributed by atoms with Crippen LogP contribution in [0.5, 0.6) is 0 Å². The summed E-state index contributed by atoms with van der Waals surface area (Å²) in [7, 11) is 0. The van der Waals surface area contributed by atoms with E-state index in [4.69, 9.17) is 4.74 Å². The van der Waals surface area contributed by atoms with Crippen LogP contribution < -0.4 is 10.2 Å². The van der Waals surface area contributed by atoms with Gasteiger partial charge in [0.1, 0.15) is 0 Å². The molecular formula is C19H23N5O. The lowest BCUT2D eigenvalue weighted by Crippen LogP contribution is -2.45. The van der Waals surface area contributed by atoms with Gasteiger partial charge in [0.15, 0.2) is 5.65 Å². The largest absolute Gasteiger partial charge is 0.378 e. The minimum absolute atomic E-state index is 0.239. The predicted molar refractivity (Wildman–Crippen MR) is 99.0 cm³/mol. The highest BCUT2D eigenvalue weighted by molar-refractivity contribution is 5.70. The van der Waals surface area contributed by atoms with E-state index in [1.165, 1.54) is 5.69 Å². The SMILES string of the molecule is C[C@@H]1CN(c2ccccc2NCc2cnc3cnccn23)C[C@@H](C)O1. The summed E-state index contributed by atoms with van der Waals surface area (Å²) in [5.41, 5.74) is 4.33. The molecule has 2 aromatic heterocycles. The molecule has 1 saturated heterocycles. The van der Waals surface area contributed by atoms with Gasteiger partial charge in [0.25, 0.3) is 0 Å². The Morgan fingerprint density at radius 3 is 2.80 bits per heavy atom. The van der Waals surface area contributed by atoms with Crippen molar-refractivity contribution in [2.75, 3.05) is 23.3 Å². The van der Waals surface area contributed by atoms with Crippen molar-refractivity contribution < 1.29 is 4.74 Å². The summed E-state index contributed by atoms with van der Waals surface area (Å²) in [6.45, 7) is 6.78. The summed E-state index contributed by atoms with van der Waals surface area (Å²) < 4.78 is 7.92. The van der Waals surface area contributed by atoms with E-state index in [0.717, 1.165) is 30.1 Å². The summed E-state index contributed by atoms with van der Waals surface area (Å²) in [5, 5.41) is 3.57. The van der Waals surface area contributed by atoms with E-state index in [1.807, 2.05) is 12.4 Å². The van der Waals surface area contributed by atoms with Crippen LogP contribution in [0.15, 0.2) is 49.1 Å². The van der Waals surface area contributed by atoms with Gasteiger partial charge >= 0.3 is 0 Å². The van der Waals surface area contributed by atoms with Crippen molar-refractivity contribution in [2.24, 2.45) is 0 Å². The van der Waals surface area contributed by atoms with Gasteiger partial charge in [-0.05, 0) is 26.0 Å². The monoisotopic (exact) mass is 337 g/mol. The van der Waals surface area contributed by atoms with Gasteiger partial charge in [-0.15, -0.1) is 0 Å². The van der Waals surface area contributed by atoms with Crippen molar-refractivity contribution in [1.82, 2.24) is 14.4 Å². The Morgan fingerprint density at radius 2 is 1.96 bits per heavy atom. The lowest BCUT2D eigenvalue weighted by atomic mass is 10.1. The topological polar surface area (TPSA) is 54.7 Å². The third-order valence-corrected chi connectivity index (χ3v) is 4.52. The lowest BCUT2D eigenvalue weighted by Gasteiger charge is -2.37. The third kappa shape index (κ3) is 3.30. The zero-order valence-electron chi connectivity index (χ0n) is 14.6. The fraction of sp³-hybridized carbons (Fsp3) is 0.368. The summed E-state index contributed by atoms with van der Waals surface area (Å²) in [5.74, 6) is 0. The Morgan fingerprint density at radius 1 is 1.16 bits per heavy atom. The number of aromatic nitrogens is 3. The van der Waals surface area contributed by atoms with Gasteiger partial charge in [-0.25, -0.2) is 4.98 Å².